The molecule has 2 rings (SSSR count). The maximum absolute atomic E-state index is 8.77. The first kappa shape index (κ1) is 13.2. The molecule has 0 saturated heterocycles. The van der Waals surface area contributed by atoms with Crippen molar-refractivity contribution in [1.29, 1.82) is 5.26 Å². The molecule has 2 aromatic rings. The van der Waals surface area contributed by atoms with E-state index in [-0.39, 0.29) is 0 Å². The SMILES string of the molecule is COc1ccc(Br)cc1Nc1ncc(C#N)cc1N. The van der Waals surface area contributed by atoms with Gasteiger partial charge < -0.3 is 15.8 Å². The smallest absolute Gasteiger partial charge is 0.153 e. The predicted molar refractivity (Wildman–Crippen MR) is 77.3 cm³/mol. The predicted octanol–water partition coefficient (Wildman–Crippen LogP) is 3.05. The topological polar surface area (TPSA) is 84.0 Å². The van der Waals surface area contributed by atoms with Crippen LogP contribution in [0.15, 0.2) is 34.9 Å². The lowest BCUT2D eigenvalue weighted by atomic mass is 10.2. The van der Waals surface area contributed by atoms with Crippen LogP contribution in [0.25, 0.3) is 0 Å². The average molecular weight is 319 g/mol. The zero-order chi connectivity index (χ0) is 13.8. The van der Waals surface area contributed by atoms with Crippen LogP contribution in [0.4, 0.5) is 17.2 Å². The number of rotatable bonds is 3. The van der Waals surface area contributed by atoms with Crippen LogP contribution in [0.5, 0.6) is 5.75 Å². The van der Waals surface area contributed by atoms with Crippen molar-refractivity contribution in [2.24, 2.45) is 0 Å². The van der Waals surface area contributed by atoms with Crippen molar-refractivity contribution in [2.75, 3.05) is 18.2 Å². The fraction of sp³-hybridized carbons (Fsp3) is 0.0769. The highest BCUT2D eigenvalue weighted by Gasteiger charge is 2.08. The zero-order valence-corrected chi connectivity index (χ0v) is 11.7. The molecule has 0 aliphatic heterocycles. The van der Waals surface area contributed by atoms with Gasteiger partial charge in [-0.3, -0.25) is 0 Å². The van der Waals surface area contributed by atoms with E-state index in [0.29, 0.717) is 22.8 Å². The minimum absolute atomic E-state index is 0.404. The molecule has 6 heteroatoms. The number of nitriles is 1. The van der Waals surface area contributed by atoms with E-state index in [1.807, 2.05) is 24.3 Å². The Hall–Kier alpha value is -2.26. The number of halogens is 1. The number of nitrogens with zero attached hydrogens (tertiary/aromatic N) is 2. The van der Waals surface area contributed by atoms with Gasteiger partial charge in [-0.15, -0.1) is 0 Å². The quantitative estimate of drug-likeness (QED) is 0.908. The molecule has 1 aromatic carbocycles. The molecular weight excluding hydrogens is 308 g/mol. The summed E-state index contributed by atoms with van der Waals surface area (Å²) in [7, 11) is 1.59. The van der Waals surface area contributed by atoms with Gasteiger partial charge in [0, 0.05) is 10.7 Å². The third-order valence-corrected chi connectivity index (χ3v) is 2.95. The lowest BCUT2D eigenvalue weighted by Gasteiger charge is -2.12. The van der Waals surface area contributed by atoms with Crippen LogP contribution in [0, 0.1) is 11.3 Å². The van der Waals surface area contributed by atoms with Gasteiger partial charge in [0.15, 0.2) is 5.82 Å². The molecule has 96 valence electrons. The van der Waals surface area contributed by atoms with Crippen LogP contribution >= 0.6 is 15.9 Å². The standard InChI is InChI=1S/C13H11BrN4O/c1-19-12-3-2-9(14)5-11(12)18-13-10(16)4-8(6-15)7-17-13/h2-5,7H,16H2,1H3,(H,17,18). The number of nitrogens with one attached hydrogen (secondary N) is 1. The molecule has 5 nitrogen and oxygen atoms in total. The highest BCUT2D eigenvalue weighted by atomic mass is 79.9. The second-order valence-corrected chi connectivity index (χ2v) is 4.66. The van der Waals surface area contributed by atoms with Crippen molar-refractivity contribution < 1.29 is 4.74 Å². The number of aromatic nitrogens is 1. The molecule has 0 atom stereocenters. The van der Waals surface area contributed by atoms with Crippen LogP contribution in [-0.2, 0) is 0 Å². The fourth-order valence-electron chi connectivity index (χ4n) is 1.55. The summed E-state index contributed by atoms with van der Waals surface area (Å²) in [5.41, 5.74) is 7.41. The molecule has 0 unspecified atom stereocenters. The van der Waals surface area contributed by atoms with E-state index in [4.69, 9.17) is 15.7 Å². The van der Waals surface area contributed by atoms with Crippen molar-refractivity contribution in [3.63, 3.8) is 0 Å². The van der Waals surface area contributed by atoms with E-state index >= 15 is 0 Å². The number of anilines is 3. The second kappa shape index (κ2) is 5.59. The molecule has 19 heavy (non-hydrogen) atoms. The minimum atomic E-state index is 0.404. The maximum Gasteiger partial charge on any atom is 0.153 e. The Balaban J connectivity index is 2.36. The Kier molecular flexibility index (Phi) is 3.88. The van der Waals surface area contributed by atoms with Crippen LogP contribution in [0.3, 0.4) is 0 Å². The molecule has 0 aliphatic carbocycles. The third-order valence-electron chi connectivity index (χ3n) is 2.46. The molecular formula is C13H11BrN4O. The number of hydrogen-bond donors (Lipinski definition) is 2. The number of nitrogens with two attached hydrogens (primary N) is 1. The largest absolute Gasteiger partial charge is 0.495 e. The second-order valence-electron chi connectivity index (χ2n) is 3.74. The van der Waals surface area contributed by atoms with Gasteiger partial charge in [0.2, 0.25) is 0 Å². The highest BCUT2D eigenvalue weighted by Crippen LogP contribution is 2.31. The van der Waals surface area contributed by atoms with Crippen LogP contribution in [-0.4, -0.2) is 12.1 Å². The zero-order valence-electron chi connectivity index (χ0n) is 10.1. The van der Waals surface area contributed by atoms with E-state index in [1.165, 1.54) is 6.20 Å². The number of hydrogen-bond acceptors (Lipinski definition) is 5. The summed E-state index contributed by atoms with van der Waals surface area (Å²) in [6.07, 6.45) is 1.46. The summed E-state index contributed by atoms with van der Waals surface area (Å²) in [4.78, 5) is 4.12. The van der Waals surface area contributed by atoms with Gasteiger partial charge in [-0.05, 0) is 24.3 Å². The lowest BCUT2D eigenvalue weighted by molar-refractivity contribution is 0.416. The summed E-state index contributed by atoms with van der Waals surface area (Å²) in [6, 6.07) is 9.12. The molecule has 0 radical (unpaired) electrons. The van der Waals surface area contributed by atoms with E-state index in [9.17, 15) is 0 Å². The summed E-state index contributed by atoms with van der Waals surface area (Å²) < 4.78 is 6.16. The van der Waals surface area contributed by atoms with Gasteiger partial charge in [0.05, 0.1) is 24.0 Å². The molecule has 0 aliphatic rings. The molecule has 1 aromatic heterocycles. The van der Waals surface area contributed by atoms with Crippen molar-refractivity contribution in [3.8, 4) is 11.8 Å². The summed E-state index contributed by atoms with van der Waals surface area (Å²) in [5, 5.41) is 11.9. The maximum atomic E-state index is 8.77. The highest BCUT2D eigenvalue weighted by molar-refractivity contribution is 9.10. The van der Waals surface area contributed by atoms with Gasteiger partial charge in [-0.25, -0.2) is 4.98 Å². The summed E-state index contributed by atoms with van der Waals surface area (Å²) in [6.45, 7) is 0. The van der Waals surface area contributed by atoms with E-state index in [1.54, 1.807) is 13.2 Å². The fourth-order valence-corrected chi connectivity index (χ4v) is 1.91. The normalized spacial score (nSPS) is 9.74. The Morgan fingerprint density at radius 3 is 2.84 bits per heavy atom. The van der Waals surface area contributed by atoms with Crippen LogP contribution < -0.4 is 15.8 Å². The molecule has 0 fully saturated rings. The minimum Gasteiger partial charge on any atom is -0.495 e. The summed E-state index contributed by atoms with van der Waals surface area (Å²) >= 11 is 3.39. The Morgan fingerprint density at radius 1 is 1.42 bits per heavy atom. The van der Waals surface area contributed by atoms with Crippen LogP contribution in [0.2, 0.25) is 0 Å². The van der Waals surface area contributed by atoms with Gasteiger partial charge in [0.1, 0.15) is 11.8 Å². The number of methoxy groups -OCH3 is 1. The number of nitrogen functional groups attached to an aromatic ring is 1. The van der Waals surface area contributed by atoms with Crippen molar-refractivity contribution in [1.82, 2.24) is 4.98 Å². The van der Waals surface area contributed by atoms with E-state index in [2.05, 4.69) is 26.2 Å². The lowest BCUT2D eigenvalue weighted by Crippen LogP contribution is -2.01. The molecule has 3 N–H and O–H groups in total. The van der Waals surface area contributed by atoms with Crippen molar-refractivity contribution in [2.45, 2.75) is 0 Å². The molecule has 1 heterocycles. The number of ether oxygens (including phenoxy) is 1. The van der Waals surface area contributed by atoms with Crippen molar-refractivity contribution in [3.05, 3.63) is 40.5 Å². The molecule has 0 spiro atoms. The van der Waals surface area contributed by atoms with Gasteiger partial charge in [0.25, 0.3) is 0 Å². The first-order chi connectivity index (χ1) is 9.13. The molecule has 0 bridgehead atoms. The molecule has 0 amide bonds. The number of benzene rings is 1. The Labute approximate surface area is 119 Å². The first-order valence-corrected chi connectivity index (χ1v) is 6.19. The molecule has 0 saturated carbocycles. The van der Waals surface area contributed by atoms with Gasteiger partial charge in [-0.1, -0.05) is 15.9 Å². The Morgan fingerprint density at radius 2 is 2.21 bits per heavy atom. The van der Waals surface area contributed by atoms with Gasteiger partial charge in [-0.2, -0.15) is 5.26 Å². The first-order valence-electron chi connectivity index (χ1n) is 5.40. The average Bonchev–Trinajstić information content (AvgIpc) is 2.41. The Bertz CT molecular complexity index is 652. The monoisotopic (exact) mass is 318 g/mol. The summed E-state index contributed by atoms with van der Waals surface area (Å²) in [5.74, 6) is 1.16. The van der Waals surface area contributed by atoms with Crippen molar-refractivity contribution >= 4 is 33.1 Å². The number of pyridine rings is 1. The third kappa shape index (κ3) is 2.95. The van der Waals surface area contributed by atoms with Crippen LogP contribution in [0.1, 0.15) is 5.56 Å². The van der Waals surface area contributed by atoms with Gasteiger partial charge >= 0.3 is 0 Å². The van der Waals surface area contributed by atoms with E-state index < -0.39 is 0 Å². The van der Waals surface area contributed by atoms with E-state index in [0.717, 1.165) is 10.2 Å².